The fourth-order valence-corrected chi connectivity index (χ4v) is 0.952. The van der Waals surface area contributed by atoms with Crippen molar-refractivity contribution in [3.8, 4) is 0 Å². The van der Waals surface area contributed by atoms with Gasteiger partial charge >= 0.3 is 0 Å². The summed E-state index contributed by atoms with van der Waals surface area (Å²) in [4.78, 5) is 0. The molecule has 0 bridgehead atoms. The monoisotopic (exact) mass is 150 g/mol. The van der Waals surface area contributed by atoms with Gasteiger partial charge in [-0.15, -0.1) is 0 Å². The van der Waals surface area contributed by atoms with Gasteiger partial charge in [0.05, 0.1) is 0 Å². The molecule has 0 amide bonds. The van der Waals surface area contributed by atoms with E-state index in [4.69, 9.17) is 10.9 Å². The fraction of sp³-hybridized carbons (Fsp3) is 0.800. The van der Waals surface area contributed by atoms with Gasteiger partial charge in [-0.3, -0.25) is 0 Å². The van der Waals surface area contributed by atoms with Crippen molar-refractivity contribution in [3.05, 3.63) is 0 Å². The number of oxime groups is 1. The van der Waals surface area contributed by atoms with Gasteiger partial charge < -0.3 is 10.9 Å². The highest BCUT2D eigenvalue weighted by atomic mass is 19.3. The highest BCUT2D eigenvalue weighted by Gasteiger charge is 2.47. The Hall–Kier alpha value is -0.870. The van der Waals surface area contributed by atoms with Gasteiger partial charge in [-0.05, 0) is 0 Å². The van der Waals surface area contributed by atoms with Crippen molar-refractivity contribution < 1.29 is 14.0 Å². The van der Waals surface area contributed by atoms with Crippen LogP contribution in [0.1, 0.15) is 12.8 Å². The SMILES string of the molecule is N/C(=N\O)C1CC(F)(F)C1. The quantitative estimate of drug-likeness (QED) is 0.251. The van der Waals surface area contributed by atoms with E-state index in [0.717, 1.165) is 0 Å². The molecule has 10 heavy (non-hydrogen) atoms. The van der Waals surface area contributed by atoms with E-state index in [1.807, 2.05) is 0 Å². The molecule has 0 aromatic heterocycles. The minimum absolute atomic E-state index is 0.0917. The van der Waals surface area contributed by atoms with Gasteiger partial charge in [0.15, 0.2) is 0 Å². The number of amidine groups is 1. The molecular formula is C5H8F2N2O. The van der Waals surface area contributed by atoms with Gasteiger partial charge in [-0.1, -0.05) is 5.16 Å². The van der Waals surface area contributed by atoms with Crippen LogP contribution in [0.5, 0.6) is 0 Å². The lowest BCUT2D eigenvalue weighted by molar-refractivity contribution is -0.0916. The summed E-state index contributed by atoms with van der Waals surface area (Å²) in [5.41, 5.74) is 5.07. The van der Waals surface area contributed by atoms with E-state index < -0.39 is 11.8 Å². The van der Waals surface area contributed by atoms with Gasteiger partial charge in [-0.25, -0.2) is 8.78 Å². The number of nitrogens with zero attached hydrogens (tertiary/aromatic N) is 1. The van der Waals surface area contributed by atoms with E-state index in [-0.39, 0.29) is 18.7 Å². The van der Waals surface area contributed by atoms with E-state index in [9.17, 15) is 8.78 Å². The minimum Gasteiger partial charge on any atom is -0.409 e. The molecule has 0 spiro atoms. The van der Waals surface area contributed by atoms with E-state index in [1.165, 1.54) is 0 Å². The van der Waals surface area contributed by atoms with Crippen LogP contribution in [-0.4, -0.2) is 17.0 Å². The lowest BCUT2D eigenvalue weighted by Crippen LogP contribution is -2.42. The highest BCUT2D eigenvalue weighted by Crippen LogP contribution is 2.42. The molecule has 1 saturated carbocycles. The largest absolute Gasteiger partial charge is 0.409 e. The Labute approximate surface area is 56.5 Å². The molecule has 0 aromatic rings. The minimum atomic E-state index is -2.60. The number of hydrogen-bond acceptors (Lipinski definition) is 2. The number of rotatable bonds is 1. The summed E-state index contributed by atoms with van der Waals surface area (Å²) in [5.74, 6) is -3.12. The third kappa shape index (κ3) is 1.17. The Morgan fingerprint density at radius 2 is 2.10 bits per heavy atom. The molecule has 1 rings (SSSR count). The molecular weight excluding hydrogens is 142 g/mol. The maximum Gasteiger partial charge on any atom is 0.249 e. The van der Waals surface area contributed by atoms with Crippen molar-refractivity contribution in [2.45, 2.75) is 18.8 Å². The van der Waals surface area contributed by atoms with Gasteiger partial charge in [-0.2, -0.15) is 0 Å². The predicted octanol–water partition coefficient (Wildman–Crippen LogP) is 0.778. The summed E-state index contributed by atoms with van der Waals surface area (Å²) in [7, 11) is 0. The first-order valence-electron chi connectivity index (χ1n) is 2.90. The molecule has 1 aliphatic rings. The first-order valence-corrected chi connectivity index (χ1v) is 2.90. The normalized spacial score (nSPS) is 26.0. The average molecular weight is 150 g/mol. The molecule has 0 aliphatic heterocycles. The van der Waals surface area contributed by atoms with Crippen LogP contribution in [0.15, 0.2) is 5.16 Å². The van der Waals surface area contributed by atoms with Crippen molar-refractivity contribution >= 4 is 5.84 Å². The van der Waals surface area contributed by atoms with Crippen LogP contribution in [0.4, 0.5) is 8.78 Å². The summed E-state index contributed by atoms with van der Waals surface area (Å²) < 4.78 is 24.2. The van der Waals surface area contributed by atoms with Gasteiger partial charge in [0.1, 0.15) is 5.84 Å². The number of alkyl halides is 2. The first-order chi connectivity index (χ1) is 4.55. The maximum atomic E-state index is 12.1. The third-order valence-electron chi connectivity index (χ3n) is 1.62. The molecule has 0 aromatic carbocycles. The Bertz CT molecular complexity index is 161. The molecule has 5 heteroatoms. The van der Waals surface area contributed by atoms with Crippen LogP contribution in [0, 0.1) is 5.92 Å². The summed E-state index contributed by atoms with van der Waals surface area (Å²) in [6.45, 7) is 0. The molecule has 3 nitrogen and oxygen atoms in total. The summed E-state index contributed by atoms with van der Waals surface area (Å²) in [6, 6.07) is 0. The molecule has 0 atom stereocenters. The van der Waals surface area contributed by atoms with Crippen molar-refractivity contribution in [2.24, 2.45) is 16.8 Å². The summed E-state index contributed by atoms with van der Waals surface area (Å²) in [6.07, 6.45) is -0.578. The molecule has 58 valence electrons. The number of halogens is 2. The Morgan fingerprint density at radius 3 is 2.40 bits per heavy atom. The van der Waals surface area contributed by atoms with Crippen molar-refractivity contribution in [1.29, 1.82) is 0 Å². The van der Waals surface area contributed by atoms with E-state index >= 15 is 0 Å². The predicted molar refractivity (Wildman–Crippen MR) is 31.1 cm³/mol. The zero-order valence-corrected chi connectivity index (χ0v) is 5.22. The molecule has 0 radical (unpaired) electrons. The number of hydrogen-bond donors (Lipinski definition) is 2. The van der Waals surface area contributed by atoms with Crippen LogP contribution >= 0.6 is 0 Å². The second-order valence-electron chi connectivity index (χ2n) is 2.49. The molecule has 3 N–H and O–H groups in total. The summed E-state index contributed by atoms with van der Waals surface area (Å²) >= 11 is 0. The van der Waals surface area contributed by atoms with Crippen LogP contribution in [0.2, 0.25) is 0 Å². The second kappa shape index (κ2) is 2.07. The van der Waals surface area contributed by atoms with E-state index in [2.05, 4.69) is 5.16 Å². The maximum absolute atomic E-state index is 12.1. The van der Waals surface area contributed by atoms with Crippen LogP contribution < -0.4 is 5.73 Å². The lowest BCUT2D eigenvalue weighted by atomic mass is 9.81. The summed E-state index contributed by atoms with van der Waals surface area (Å²) in [5, 5.41) is 10.7. The van der Waals surface area contributed by atoms with Crippen LogP contribution in [0.3, 0.4) is 0 Å². The zero-order chi connectivity index (χ0) is 7.78. The van der Waals surface area contributed by atoms with Crippen molar-refractivity contribution in [1.82, 2.24) is 0 Å². The van der Waals surface area contributed by atoms with Crippen LogP contribution in [0.25, 0.3) is 0 Å². The lowest BCUT2D eigenvalue weighted by Gasteiger charge is -2.33. The average Bonchev–Trinajstić information content (AvgIpc) is 1.81. The van der Waals surface area contributed by atoms with Crippen molar-refractivity contribution in [3.63, 3.8) is 0 Å². The van der Waals surface area contributed by atoms with Gasteiger partial charge in [0, 0.05) is 18.8 Å². The Morgan fingerprint density at radius 1 is 1.60 bits per heavy atom. The smallest absolute Gasteiger partial charge is 0.249 e. The molecule has 1 aliphatic carbocycles. The Kier molecular flexibility index (Phi) is 1.50. The third-order valence-corrected chi connectivity index (χ3v) is 1.62. The standard InChI is InChI=1S/C5H8F2N2O/c6-5(7)1-3(2-5)4(8)9-10/h3,10H,1-2H2,(H2,8,9). The van der Waals surface area contributed by atoms with Gasteiger partial charge in [0.25, 0.3) is 0 Å². The molecule has 0 unspecified atom stereocenters. The van der Waals surface area contributed by atoms with Crippen molar-refractivity contribution in [2.75, 3.05) is 0 Å². The van der Waals surface area contributed by atoms with Crippen LogP contribution in [-0.2, 0) is 0 Å². The van der Waals surface area contributed by atoms with E-state index in [0.29, 0.717) is 0 Å². The zero-order valence-electron chi connectivity index (χ0n) is 5.22. The molecule has 0 saturated heterocycles. The second-order valence-corrected chi connectivity index (χ2v) is 2.49. The van der Waals surface area contributed by atoms with E-state index in [1.54, 1.807) is 0 Å². The fourth-order valence-electron chi connectivity index (χ4n) is 0.952. The molecule has 0 heterocycles. The van der Waals surface area contributed by atoms with Gasteiger partial charge in [0.2, 0.25) is 5.92 Å². The number of nitrogens with two attached hydrogens (primary N) is 1. The highest BCUT2D eigenvalue weighted by molar-refractivity contribution is 5.83. The molecule has 1 fully saturated rings. The first kappa shape index (κ1) is 7.24. The Balaban J connectivity index is 2.40. The topological polar surface area (TPSA) is 58.6 Å².